The molecular weight excluding hydrogens is 286 g/mol. The van der Waals surface area contributed by atoms with Gasteiger partial charge < -0.3 is 10.2 Å². The zero-order valence-electron chi connectivity index (χ0n) is 11.7. The molecule has 0 radical (unpaired) electrons. The minimum atomic E-state index is -0.244. The van der Waals surface area contributed by atoms with Gasteiger partial charge in [0.1, 0.15) is 5.51 Å². The summed E-state index contributed by atoms with van der Waals surface area (Å²) in [5.74, 6) is 0. The maximum Gasteiger partial charge on any atom is 0.321 e. The average Bonchev–Trinajstić information content (AvgIpc) is 3.13. The van der Waals surface area contributed by atoms with Crippen LogP contribution >= 0.6 is 11.3 Å². The summed E-state index contributed by atoms with van der Waals surface area (Å²) >= 11 is 1.30. The van der Waals surface area contributed by atoms with Gasteiger partial charge >= 0.3 is 6.03 Å². The first-order valence-electron chi connectivity index (χ1n) is 6.89. The van der Waals surface area contributed by atoms with Crippen LogP contribution in [0.4, 0.5) is 15.6 Å². The molecule has 2 heterocycles. The van der Waals surface area contributed by atoms with Crippen molar-refractivity contribution in [1.82, 2.24) is 15.5 Å². The summed E-state index contributed by atoms with van der Waals surface area (Å²) in [7, 11) is 0. The number of aromatic nitrogens is 2. The van der Waals surface area contributed by atoms with E-state index in [-0.39, 0.29) is 12.1 Å². The van der Waals surface area contributed by atoms with Crippen molar-refractivity contribution in [3.63, 3.8) is 0 Å². The zero-order valence-corrected chi connectivity index (χ0v) is 12.6. The van der Waals surface area contributed by atoms with Crippen LogP contribution in [-0.2, 0) is 6.42 Å². The van der Waals surface area contributed by atoms with Gasteiger partial charge in [-0.15, -0.1) is 10.2 Å². The molecule has 21 heavy (non-hydrogen) atoms. The molecule has 0 saturated heterocycles. The lowest BCUT2D eigenvalue weighted by atomic mass is 10.2. The van der Waals surface area contributed by atoms with E-state index < -0.39 is 0 Å². The number of para-hydroxylation sites is 1. The van der Waals surface area contributed by atoms with E-state index >= 15 is 0 Å². The molecule has 1 aliphatic heterocycles. The lowest BCUT2D eigenvalue weighted by molar-refractivity contribution is 0.251. The van der Waals surface area contributed by atoms with Gasteiger partial charge in [-0.25, -0.2) is 4.79 Å². The number of hydrogen-bond acceptors (Lipinski definition) is 5. The normalized spacial score (nSPS) is 14.6. The van der Waals surface area contributed by atoms with Gasteiger partial charge in [0, 0.05) is 24.8 Å². The van der Waals surface area contributed by atoms with Gasteiger partial charge in [0.25, 0.3) is 0 Å². The number of nitrogens with one attached hydrogen (secondary N) is 2. The highest BCUT2D eigenvalue weighted by Gasteiger charge is 2.23. The topological polar surface area (TPSA) is 70.1 Å². The fraction of sp³-hybridized carbons (Fsp3) is 0.357. The van der Waals surface area contributed by atoms with Crippen LogP contribution in [0, 0.1) is 0 Å². The van der Waals surface area contributed by atoms with Crippen molar-refractivity contribution >= 4 is 28.2 Å². The van der Waals surface area contributed by atoms with Gasteiger partial charge in [0.15, 0.2) is 0 Å². The molecule has 1 aromatic carbocycles. The number of urea groups is 1. The summed E-state index contributed by atoms with van der Waals surface area (Å²) in [5, 5.41) is 13.5. The number of fused-ring (bicyclic) bond motifs is 1. The minimum absolute atomic E-state index is 0.244. The maximum absolute atomic E-state index is 11.8. The molecule has 1 aliphatic rings. The number of carbonyl (C=O) groups is 1. The number of carbonyl (C=O) groups excluding carboxylic acids is 1. The highest BCUT2D eigenvalue weighted by molar-refractivity contribution is 7.13. The predicted octanol–water partition coefficient (Wildman–Crippen LogP) is 2.11. The van der Waals surface area contributed by atoms with Crippen molar-refractivity contribution in [3.05, 3.63) is 35.3 Å². The fourth-order valence-electron chi connectivity index (χ4n) is 2.54. The Hall–Kier alpha value is -2.15. The van der Waals surface area contributed by atoms with Gasteiger partial charge in [-0.3, -0.25) is 5.32 Å². The highest BCUT2D eigenvalue weighted by Crippen LogP contribution is 2.28. The van der Waals surface area contributed by atoms with Crippen LogP contribution in [0.5, 0.6) is 0 Å². The Morgan fingerprint density at radius 3 is 3.14 bits per heavy atom. The van der Waals surface area contributed by atoms with Crippen LogP contribution in [0.3, 0.4) is 0 Å². The van der Waals surface area contributed by atoms with Crippen molar-refractivity contribution in [2.24, 2.45) is 0 Å². The van der Waals surface area contributed by atoms with Crippen LogP contribution in [0.1, 0.15) is 12.5 Å². The smallest absolute Gasteiger partial charge is 0.321 e. The number of amides is 2. The molecular formula is C14H17N5OS. The van der Waals surface area contributed by atoms with Crippen LogP contribution in [0.25, 0.3) is 0 Å². The first-order valence-corrected chi connectivity index (χ1v) is 7.77. The summed E-state index contributed by atoms with van der Waals surface area (Å²) in [6, 6.07) is 8.43. The Labute approximate surface area is 127 Å². The van der Waals surface area contributed by atoms with E-state index in [2.05, 4.69) is 56.9 Å². The Balaban J connectivity index is 1.53. The molecule has 1 aromatic heterocycles. The molecule has 0 bridgehead atoms. The van der Waals surface area contributed by atoms with E-state index in [1.807, 2.05) is 0 Å². The summed E-state index contributed by atoms with van der Waals surface area (Å²) in [5.41, 5.74) is 4.23. The van der Waals surface area contributed by atoms with Crippen LogP contribution in [0.2, 0.25) is 0 Å². The molecule has 1 atom stereocenters. The quantitative estimate of drug-likeness (QED) is 0.907. The second-order valence-electron chi connectivity index (χ2n) is 5.00. The monoisotopic (exact) mass is 303 g/mol. The number of benzene rings is 1. The van der Waals surface area contributed by atoms with Gasteiger partial charge in [-0.2, -0.15) is 0 Å². The molecule has 6 nitrogen and oxygen atoms in total. The SMILES string of the molecule is C[C@@H](CNC(=O)Nc1nncs1)N1CCc2ccccc21. The molecule has 110 valence electrons. The van der Waals surface area contributed by atoms with Crippen molar-refractivity contribution in [2.75, 3.05) is 23.3 Å². The number of rotatable bonds is 4. The number of nitrogens with zero attached hydrogens (tertiary/aromatic N) is 3. The molecule has 2 aromatic rings. The van der Waals surface area contributed by atoms with Crippen LogP contribution in [0.15, 0.2) is 29.8 Å². The minimum Gasteiger partial charge on any atom is -0.366 e. The Morgan fingerprint density at radius 1 is 1.48 bits per heavy atom. The van der Waals surface area contributed by atoms with Gasteiger partial charge in [0.05, 0.1) is 0 Å². The van der Waals surface area contributed by atoms with Crippen LogP contribution in [-0.4, -0.2) is 35.4 Å². The second-order valence-corrected chi connectivity index (χ2v) is 5.83. The molecule has 0 unspecified atom stereocenters. The molecule has 2 N–H and O–H groups in total. The van der Waals surface area contributed by atoms with Gasteiger partial charge in [-0.05, 0) is 25.0 Å². The average molecular weight is 303 g/mol. The van der Waals surface area contributed by atoms with E-state index in [9.17, 15) is 4.79 Å². The summed E-state index contributed by atoms with van der Waals surface area (Å²) < 4.78 is 0. The van der Waals surface area contributed by atoms with Crippen molar-refractivity contribution in [1.29, 1.82) is 0 Å². The standard InChI is InChI=1S/C14H17N5OS/c1-10(8-15-13(20)17-14-18-16-9-21-14)19-7-6-11-4-2-3-5-12(11)19/h2-5,9-10H,6-8H2,1H3,(H2,15,17,18,20)/t10-/m0/s1. The molecule has 0 fully saturated rings. The summed E-state index contributed by atoms with van der Waals surface area (Å²) in [6.45, 7) is 3.70. The molecule has 7 heteroatoms. The first-order chi connectivity index (χ1) is 10.2. The summed E-state index contributed by atoms with van der Waals surface area (Å²) in [6.07, 6.45) is 1.07. The van der Waals surface area contributed by atoms with E-state index in [1.165, 1.54) is 22.6 Å². The Bertz CT molecular complexity index is 616. The first kappa shape index (κ1) is 13.8. The van der Waals surface area contributed by atoms with Crippen molar-refractivity contribution < 1.29 is 4.79 Å². The third kappa shape index (κ3) is 3.13. The zero-order chi connectivity index (χ0) is 14.7. The Kier molecular flexibility index (Phi) is 4.01. The molecule has 2 amide bonds. The third-order valence-corrected chi connectivity index (χ3v) is 4.20. The van der Waals surface area contributed by atoms with E-state index in [1.54, 1.807) is 5.51 Å². The largest absolute Gasteiger partial charge is 0.366 e. The van der Waals surface area contributed by atoms with E-state index in [0.29, 0.717) is 11.7 Å². The fourth-order valence-corrected chi connectivity index (χ4v) is 2.98. The second kappa shape index (κ2) is 6.09. The van der Waals surface area contributed by atoms with Gasteiger partial charge in [0.2, 0.25) is 5.13 Å². The lowest BCUT2D eigenvalue weighted by Crippen LogP contribution is -2.42. The number of anilines is 2. The maximum atomic E-state index is 11.8. The summed E-state index contributed by atoms with van der Waals surface area (Å²) in [4.78, 5) is 14.1. The van der Waals surface area contributed by atoms with Gasteiger partial charge in [-0.1, -0.05) is 29.5 Å². The van der Waals surface area contributed by atoms with Crippen LogP contribution < -0.4 is 15.5 Å². The van der Waals surface area contributed by atoms with E-state index in [4.69, 9.17) is 0 Å². The molecule has 0 aliphatic carbocycles. The highest BCUT2D eigenvalue weighted by atomic mass is 32.1. The van der Waals surface area contributed by atoms with Crippen molar-refractivity contribution in [2.45, 2.75) is 19.4 Å². The third-order valence-electron chi connectivity index (χ3n) is 3.59. The molecule has 0 spiro atoms. The number of hydrogen-bond donors (Lipinski definition) is 2. The lowest BCUT2D eigenvalue weighted by Gasteiger charge is -2.27. The van der Waals surface area contributed by atoms with Crippen molar-refractivity contribution in [3.8, 4) is 0 Å². The molecule has 0 saturated carbocycles. The predicted molar refractivity (Wildman–Crippen MR) is 83.9 cm³/mol. The molecule has 3 rings (SSSR count). The Morgan fingerprint density at radius 2 is 2.33 bits per heavy atom. The van der Waals surface area contributed by atoms with E-state index in [0.717, 1.165) is 13.0 Å².